The lowest BCUT2D eigenvalue weighted by atomic mass is 10.1. The molecule has 0 aliphatic rings. The number of aromatic amines is 1. The number of hydrogen-bond acceptors (Lipinski definition) is 4. The van der Waals surface area contributed by atoms with Crippen molar-refractivity contribution in [1.82, 2.24) is 4.98 Å². The number of ether oxygens (including phenoxy) is 1. The van der Waals surface area contributed by atoms with Gasteiger partial charge in [0.05, 0.1) is 0 Å². The third-order valence-corrected chi connectivity index (χ3v) is 4.44. The molecule has 1 aromatic heterocycles. The van der Waals surface area contributed by atoms with E-state index in [9.17, 15) is 14.4 Å². The predicted molar refractivity (Wildman–Crippen MR) is 107 cm³/mol. The molecule has 0 radical (unpaired) electrons. The number of benzene rings is 2. The highest BCUT2D eigenvalue weighted by Crippen LogP contribution is 2.19. The second-order valence-electron chi connectivity index (χ2n) is 6.56. The lowest BCUT2D eigenvalue weighted by Gasteiger charge is -2.07. The van der Waals surface area contributed by atoms with Gasteiger partial charge in [0.15, 0.2) is 12.4 Å². The number of ketones is 1. The average Bonchev–Trinajstić information content (AvgIpc) is 3.10. The smallest absolute Gasteiger partial charge is 0.306 e. The van der Waals surface area contributed by atoms with E-state index in [1.165, 1.54) is 6.92 Å². The largest absolute Gasteiger partial charge is 0.456 e. The molecule has 3 aromatic rings. The van der Waals surface area contributed by atoms with E-state index in [0.29, 0.717) is 17.7 Å². The quantitative estimate of drug-likeness (QED) is 0.460. The molecule has 144 valence electrons. The zero-order chi connectivity index (χ0) is 19.9. The van der Waals surface area contributed by atoms with E-state index < -0.39 is 11.9 Å². The molecule has 1 heterocycles. The van der Waals surface area contributed by atoms with Gasteiger partial charge in [0.25, 0.3) is 5.91 Å². The van der Waals surface area contributed by atoms with Crippen LogP contribution >= 0.6 is 0 Å². The molecule has 0 aliphatic carbocycles. The monoisotopic (exact) mass is 378 g/mol. The number of carbonyl (C=O) groups is 3. The fourth-order valence-electron chi connectivity index (χ4n) is 2.97. The summed E-state index contributed by atoms with van der Waals surface area (Å²) in [5.41, 5.74) is 3.35. The Labute approximate surface area is 162 Å². The van der Waals surface area contributed by atoms with Gasteiger partial charge in [-0.3, -0.25) is 14.4 Å². The normalized spacial score (nSPS) is 10.6. The Morgan fingerprint density at radius 1 is 1.04 bits per heavy atom. The number of carbonyl (C=O) groups excluding carboxylic acids is 3. The summed E-state index contributed by atoms with van der Waals surface area (Å²) in [6, 6.07) is 14.6. The summed E-state index contributed by atoms with van der Waals surface area (Å²) in [7, 11) is 0. The summed E-state index contributed by atoms with van der Waals surface area (Å²) in [4.78, 5) is 38.2. The van der Waals surface area contributed by atoms with E-state index in [4.69, 9.17) is 4.74 Å². The van der Waals surface area contributed by atoms with Crippen LogP contribution in [0.4, 0.5) is 5.69 Å². The summed E-state index contributed by atoms with van der Waals surface area (Å²) in [6.07, 6.45) is 3.61. The van der Waals surface area contributed by atoms with Crippen molar-refractivity contribution < 1.29 is 19.1 Å². The van der Waals surface area contributed by atoms with Crippen LogP contribution in [0.5, 0.6) is 0 Å². The highest BCUT2D eigenvalue weighted by Gasteiger charge is 2.09. The molecule has 0 saturated carbocycles. The standard InChI is InChI=1S/C22H22N2O4/c1-15(25)16-9-11-18(12-10-16)24-21(26)14-28-22(27)8-4-5-17-13-23-20-7-3-2-6-19(17)20/h2-3,6-7,9-13,23H,4-5,8,14H2,1H3,(H,24,26). The Kier molecular flexibility index (Phi) is 6.22. The first-order valence-corrected chi connectivity index (χ1v) is 9.14. The molecular formula is C22H22N2O4. The van der Waals surface area contributed by atoms with Gasteiger partial charge < -0.3 is 15.0 Å². The van der Waals surface area contributed by atoms with E-state index in [1.807, 2.05) is 30.5 Å². The Morgan fingerprint density at radius 2 is 1.79 bits per heavy atom. The van der Waals surface area contributed by atoms with E-state index in [-0.39, 0.29) is 18.8 Å². The van der Waals surface area contributed by atoms with Crippen molar-refractivity contribution in [2.24, 2.45) is 0 Å². The lowest BCUT2D eigenvalue weighted by Crippen LogP contribution is -2.20. The summed E-state index contributed by atoms with van der Waals surface area (Å²) in [5.74, 6) is -0.859. The Balaban J connectivity index is 1.39. The first-order chi connectivity index (χ1) is 13.5. The number of esters is 1. The fourth-order valence-corrected chi connectivity index (χ4v) is 2.97. The van der Waals surface area contributed by atoms with Crippen LogP contribution in [-0.4, -0.2) is 29.3 Å². The van der Waals surface area contributed by atoms with Crippen molar-refractivity contribution in [3.8, 4) is 0 Å². The maximum absolute atomic E-state index is 11.9. The molecular weight excluding hydrogens is 356 g/mol. The zero-order valence-electron chi connectivity index (χ0n) is 15.7. The van der Waals surface area contributed by atoms with Gasteiger partial charge in [-0.2, -0.15) is 0 Å². The maximum Gasteiger partial charge on any atom is 0.306 e. The number of hydrogen-bond donors (Lipinski definition) is 2. The second kappa shape index (κ2) is 8.99. The second-order valence-corrected chi connectivity index (χ2v) is 6.56. The van der Waals surface area contributed by atoms with Crippen LogP contribution in [0.2, 0.25) is 0 Å². The highest BCUT2D eigenvalue weighted by atomic mass is 16.5. The number of aromatic nitrogens is 1. The molecule has 2 aromatic carbocycles. The minimum atomic E-state index is -0.416. The van der Waals surface area contributed by atoms with Gasteiger partial charge in [-0.05, 0) is 55.7 Å². The minimum absolute atomic E-state index is 0.0422. The third kappa shape index (κ3) is 5.07. The Morgan fingerprint density at radius 3 is 2.54 bits per heavy atom. The number of amides is 1. The van der Waals surface area contributed by atoms with Gasteiger partial charge in [-0.25, -0.2) is 0 Å². The van der Waals surface area contributed by atoms with E-state index >= 15 is 0 Å². The van der Waals surface area contributed by atoms with Gasteiger partial charge in [0.2, 0.25) is 0 Å². The minimum Gasteiger partial charge on any atom is -0.456 e. The molecule has 0 atom stereocenters. The van der Waals surface area contributed by atoms with Crippen LogP contribution in [0.15, 0.2) is 54.7 Å². The summed E-state index contributed by atoms with van der Waals surface area (Å²) < 4.78 is 5.03. The number of Topliss-reactive ketones (excluding diaryl/α,β-unsaturated/α-hetero) is 1. The topological polar surface area (TPSA) is 88.3 Å². The highest BCUT2D eigenvalue weighted by molar-refractivity contribution is 5.96. The molecule has 3 rings (SSSR count). The Hall–Kier alpha value is -3.41. The zero-order valence-corrected chi connectivity index (χ0v) is 15.7. The van der Waals surface area contributed by atoms with Crippen LogP contribution < -0.4 is 5.32 Å². The molecule has 0 unspecified atom stereocenters. The molecule has 2 N–H and O–H groups in total. The van der Waals surface area contributed by atoms with Gasteiger partial charge in [-0.15, -0.1) is 0 Å². The maximum atomic E-state index is 11.9. The number of aryl methyl sites for hydroxylation is 1. The number of fused-ring (bicyclic) bond motifs is 1. The van der Waals surface area contributed by atoms with Crippen LogP contribution in [-0.2, 0) is 20.7 Å². The van der Waals surface area contributed by atoms with Crippen molar-refractivity contribution >= 4 is 34.3 Å². The summed E-state index contributed by atoms with van der Waals surface area (Å²) in [6.45, 7) is 1.14. The third-order valence-electron chi connectivity index (χ3n) is 4.44. The average molecular weight is 378 g/mol. The molecule has 0 spiro atoms. The van der Waals surface area contributed by atoms with Gasteiger partial charge in [0.1, 0.15) is 0 Å². The van der Waals surface area contributed by atoms with Crippen molar-refractivity contribution in [1.29, 1.82) is 0 Å². The first-order valence-electron chi connectivity index (χ1n) is 9.14. The molecule has 6 heteroatoms. The Bertz CT molecular complexity index is 989. The van der Waals surface area contributed by atoms with E-state index in [2.05, 4.69) is 10.3 Å². The summed E-state index contributed by atoms with van der Waals surface area (Å²) in [5, 5.41) is 3.79. The van der Waals surface area contributed by atoms with Gasteiger partial charge >= 0.3 is 5.97 Å². The number of para-hydroxylation sites is 1. The first kappa shape index (κ1) is 19.4. The molecule has 0 fully saturated rings. The number of nitrogens with one attached hydrogen (secondary N) is 2. The lowest BCUT2D eigenvalue weighted by molar-refractivity contribution is -0.147. The summed E-state index contributed by atoms with van der Waals surface area (Å²) >= 11 is 0. The predicted octanol–water partition coefficient (Wildman–Crippen LogP) is 3.88. The van der Waals surface area contributed by atoms with Crippen molar-refractivity contribution in [2.45, 2.75) is 26.2 Å². The number of rotatable bonds is 8. The molecule has 1 amide bonds. The van der Waals surface area contributed by atoms with Crippen LogP contribution in [0.25, 0.3) is 10.9 Å². The van der Waals surface area contributed by atoms with Crippen molar-refractivity contribution in [3.63, 3.8) is 0 Å². The van der Waals surface area contributed by atoms with E-state index in [1.54, 1.807) is 24.3 Å². The molecule has 0 saturated heterocycles. The van der Waals surface area contributed by atoms with Crippen LogP contribution in [0.1, 0.15) is 35.7 Å². The SMILES string of the molecule is CC(=O)c1ccc(NC(=O)COC(=O)CCCc2c[nH]c3ccccc23)cc1. The van der Waals surface area contributed by atoms with E-state index in [0.717, 1.165) is 22.9 Å². The molecule has 0 aliphatic heterocycles. The molecule has 0 bridgehead atoms. The number of anilines is 1. The van der Waals surface area contributed by atoms with Crippen LogP contribution in [0, 0.1) is 0 Å². The van der Waals surface area contributed by atoms with Gasteiger partial charge in [-0.1, -0.05) is 18.2 Å². The van der Waals surface area contributed by atoms with Gasteiger partial charge in [0, 0.05) is 34.8 Å². The van der Waals surface area contributed by atoms with Crippen LogP contribution in [0.3, 0.4) is 0 Å². The van der Waals surface area contributed by atoms with Crippen molar-refractivity contribution in [2.75, 3.05) is 11.9 Å². The fraction of sp³-hybridized carbons (Fsp3) is 0.227. The van der Waals surface area contributed by atoms with Crippen molar-refractivity contribution in [3.05, 3.63) is 65.9 Å². The molecule has 28 heavy (non-hydrogen) atoms. The number of H-pyrrole nitrogens is 1. The molecule has 6 nitrogen and oxygen atoms in total.